The molecule has 1 aromatic carbocycles. The average molecular weight is 282 g/mol. The van der Waals surface area contributed by atoms with Gasteiger partial charge in [-0.1, -0.05) is 0 Å². The highest BCUT2D eigenvalue weighted by atomic mass is 16.5. The Bertz CT molecular complexity index is 397. The van der Waals surface area contributed by atoms with Crippen LogP contribution in [0.5, 0.6) is 17.2 Å². The summed E-state index contributed by atoms with van der Waals surface area (Å²) in [6.07, 6.45) is 0. The van der Waals surface area contributed by atoms with Crippen LogP contribution in [0.3, 0.4) is 0 Å². The van der Waals surface area contributed by atoms with Gasteiger partial charge in [-0.25, -0.2) is 0 Å². The van der Waals surface area contributed by atoms with Crippen molar-refractivity contribution in [3.63, 3.8) is 0 Å². The summed E-state index contributed by atoms with van der Waals surface area (Å²) in [5.41, 5.74) is 1.00. The van der Waals surface area contributed by atoms with Crippen LogP contribution in [0.2, 0.25) is 0 Å². The van der Waals surface area contributed by atoms with Gasteiger partial charge in [0.25, 0.3) is 0 Å². The number of ether oxygens (including phenoxy) is 3. The van der Waals surface area contributed by atoms with Crippen LogP contribution in [-0.4, -0.2) is 52.9 Å². The smallest absolute Gasteiger partial charge is 0.130 e. The highest BCUT2D eigenvalue weighted by Gasteiger charge is 2.13. The predicted molar refractivity (Wildman–Crippen MR) is 81.0 cm³/mol. The summed E-state index contributed by atoms with van der Waals surface area (Å²) in [5.74, 6) is 2.27. The minimum absolute atomic E-state index is 0.463. The number of hydrogen-bond donors (Lipinski definition) is 1. The fraction of sp³-hybridized carbons (Fsp3) is 0.600. The van der Waals surface area contributed by atoms with E-state index in [2.05, 4.69) is 31.2 Å². The molecular weight excluding hydrogens is 256 g/mol. The van der Waals surface area contributed by atoms with Crippen LogP contribution in [0.25, 0.3) is 0 Å². The summed E-state index contributed by atoms with van der Waals surface area (Å²) in [6.45, 7) is 3.76. The lowest BCUT2D eigenvalue weighted by Crippen LogP contribution is -2.35. The normalized spacial score (nSPS) is 12.3. The van der Waals surface area contributed by atoms with E-state index in [0.29, 0.717) is 12.6 Å². The SMILES string of the molecule is COc1cc(OC)c(CNCC(C)N(C)C)c(OC)c1. The second kappa shape index (κ2) is 7.97. The fourth-order valence-corrected chi connectivity index (χ4v) is 1.84. The molecule has 0 saturated carbocycles. The second-order valence-electron chi connectivity index (χ2n) is 4.95. The van der Waals surface area contributed by atoms with E-state index in [1.54, 1.807) is 21.3 Å². The van der Waals surface area contributed by atoms with Gasteiger partial charge in [-0.2, -0.15) is 0 Å². The molecule has 1 unspecified atom stereocenters. The lowest BCUT2D eigenvalue weighted by atomic mass is 10.1. The maximum Gasteiger partial charge on any atom is 0.130 e. The van der Waals surface area contributed by atoms with E-state index in [-0.39, 0.29) is 0 Å². The third kappa shape index (κ3) is 4.28. The zero-order valence-electron chi connectivity index (χ0n) is 13.3. The van der Waals surface area contributed by atoms with Crippen LogP contribution < -0.4 is 19.5 Å². The topological polar surface area (TPSA) is 43.0 Å². The van der Waals surface area contributed by atoms with Crippen molar-refractivity contribution >= 4 is 0 Å². The first-order valence-electron chi connectivity index (χ1n) is 6.69. The molecule has 0 saturated heterocycles. The molecule has 0 aromatic heterocycles. The molecule has 0 aliphatic rings. The molecule has 1 rings (SSSR count). The molecule has 1 aromatic rings. The summed E-state index contributed by atoms with van der Waals surface area (Å²) in [6, 6.07) is 4.20. The Morgan fingerprint density at radius 1 is 1.05 bits per heavy atom. The first-order chi connectivity index (χ1) is 9.53. The van der Waals surface area contributed by atoms with Crippen molar-refractivity contribution in [3.8, 4) is 17.2 Å². The molecule has 0 radical (unpaired) electrons. The lowest BCUT2D eigenvalue weighted by molar-refractivity contribution is 0.301. The molecule has 0 amide bonds. The molecule has 0 aliphatic heterocycles. The maximum atomic E-state index is 5.42. The Morgan fingerprint density at radius 2 is 1.60 bits per heavy atom. The van der Waals surface area contributed by atoms with Crippen LogP contribution in [0.15, 0.2) is 12.1 Å². The quantitative estimate of drug-likeness (QED) is 0.787. The zero-order valence-corrected chi connectivity index (χ0v) is 13.3. The van der Waals surface area contributed by atoms with Crippen LogP contribution >= 0.6 is 0 Å². The van der Waals surface area contributed by atoms with Gasteiger partial charge >= 0.3 is 0 Å². The van der Waals surface area contributed by atoms with Crippen molar-refractivity contribution in [1.82, 2.24) is 10.2 Å². The maximum absolute atomic E-state index is 5.42. The summed E-state index contributed by atoms with van der Waals surface area (Å²) in [5, 5.41) is 3.43. The molecule has 5 heteroatoms. The second-order valence-corrected chi connectivity index (χ2v) is 4.95. The molecule has 0 spiro atoms. The Kier molecular flexibility index (Phi) is 6.61. The molecular formula is C15H26N2O3. The van der Waals surface area contributed by atoms with Gasteiger partial charge < -0.3 is 24.4 Å². The Morgan fingerprint density at radius 3 is 2.00 bits per heavy atom. The van der Waals surface area contributed by atoms with E-state index >= 15 is 0 Å². The van der Waals surface area contributed by atoms with Crippen LogP contribution in [0, 0.1) is 0 Å². The van der Waals surface area contributed by atoms with Crippen molar-refractivity contribution in [2.75, 3.05) is 42.0 Å². The van der Waals surface area contributed by atoms with Crippen LogP contribution in [0.4, 0.5) is 0 Å². The highest BCUT2D eigenvalue weighted by Crippen LogP contribution is 2.33. The van der Waals surface area contributed by atoms with Crippen molar-refractivity contribution < 1.29 is 14.2 Å². The third-order valence-electron chi connectivity index (χ3n) is 3.44. The monoisotopic (exact) mass is 282 g/mol. The lowest BCUT2D eigenvalue weighted by Gasteiger charge is -2.21. The predicted octanol–water partition coefficient (Wildman–Crippen LogP) is 1.75. The summed E-state index contributed by atoms with van der Waals surface area (Å²) in [7, 11) is 9.08. The van der Waals surface area contributed by atoms with Crippen molar-refractivity contribution in [3.05, 3.63) is 17.7 Å². The van der Waals surface area contributed by atoms with E-state index in [4.69, 9.17) is 14.2 Å². The summed E-state index contributed by atoms with van der Waals surface area (Å²) in [4.78, 5) is 2.18. The molecule has 0 heterocycles. The molecule has 1 atom stereocenters. The number of hydrogen-bond acceptors (Lipinski definition) is 5. The number of benzene rings is 1. The van der Waals surface area contributed by atoms with Crippen LogP contribution in [0.1, 0.15) is 12.5 Å². The zero-order chi connectivity index (χ0) is 15.1. The Hall–Kier alpha value is -1.46. The molecule has 20 heavy (non-hydrogen) atoms. The summed E-state index contributed by atoms with van der Waals surface area (Å²) >= 11 is 0. The number of likely N-dealkylation sites (N-methyl/N-ethyl adjacent to an activating group) is 1. The molecule has 5 nitrogen and oxygen atoms in total. The third-order valence-corrected chi connectivity index (χ3v) is 3.44. The van der Waals surface area contributed by atoms with Gasteiger partial charge in [0.05, 0.1) is 26.9 Å². The van der Waals surface area contributed by atoms with Crippen molar-refractivity contribution in [2.45, 2.75) is 19.5 Å². The Labute approximate surface area is 121 Å². The standard InChI is InChI=1S/C15H26N2O3/c1-11(17(2)3)9-16-10-13-14(19-5)7-12(18-4)8-15(13)20-6/h7-8,11,16H,9-10H2,1-6H3. The van der Waals surface area contributed by atoms with E-state index in [9.17, 15) is 0 Å². The first kappa shape index (κ1) is 16.6. The molecule has 0 aliphatic carbocycles. The van der Waals surface area contributed by atoms with Gasteiger partial charge in [-0.3, -0.25) is 0 Å². The first-order valence-corrected chi connectivity index (χ1v) is 6.69. The molecule has 0 bridgehead atoms. The van der Waals surface area contributed by atoms with E-state index in [1.165, 1.54) is 0 Å². The molecule has 114 valence electrons. The molecule has 0 fully saturated rings. The van der Waals surface area contributed by atoms with Gasteiger partial charge in [0.15, 0.2) is 0 Å². The molecule has 1 N–H and O–H groups in total. The van der Waals surface area contributed by atoms with Gasteiger partial charge in [0, 0.05) is 31.3 Å². The number of nitrogens with one attached hydrogen (secondary N) is 1. The fourth-order valence-electron chi connectivity index (χ4n) is 1.84. The highest BCUT2D eigenvalue weighted by molar-refractivity contribution is 5.50. The van der Waals surface area contributed by atoms with Crippen molar-refractivity contribution in [1.29, 1.82) is 0 Å². The minimum atomic E-state index is 0.463. The Balaban J connectivity index is 2.82. The largest absolute Gasteiger partial charge is 0.496 e. The van der Waals surface area contributed by atoms with Gasteiger partial charge in [0.1, 0.15) is 17.2 Å². The number of nitrogens with zero attached hydrogens (tertiary/aromatic N) is 1. The average Bonchev–Trinajstić information content (AvgIpc) is 2.46. The number of rotatable bonds is 8. The summed E-state index contributed by atoms with van der Waals surface area (Å²) < 4.78 is 16.1. The van der Waals surface area contributed by atoms with E-state index in [1.807, 2.05) is 12.1 Å². The van der Waals surface area contributed by atoms with E-state index in [0.717, 1.165) is 29.4 Å². The van der Waals surface area contributed by atoms with Crippen molar-refractivity contribution in [2.24, 2.45) is 0 Å². The van der Waals surface area contributed by atoms with Gasteiger partial charge in [-0.15, -0.1) is 0 Å². The van der Waals surface area contributed by atoms with Crippen LogP contribution in [-0.2, 0) is 6.54 Å². The van der Waals surface area contributed by atoms with E-state index < -0.39 is 0 Å². The van der Waals surface area contributed by atoms with Gasteiger partial charge in [0.2, 0.25) is 0 Å². The minimum Gasteiger partial charge on any atom is -0.496 e. The number of methoxy groups -OCH3 is 3. The van der Waals surface area contributed by atoms with Gasteiger partial charge in [-0.05, 0) is 21.0 Å².